The fraction of sp³-hybridized carbons (Fsp3) is 0.636. The molecule has 0 spiro atoms. The molecule has 1 heterocycles. The molecule has 0 radical (unpaired) electrons. The van der Waals surface area contributed by atoms with Crippen LogP contribution in [0.4, 0.5) is 0 Å². The number of hydrogen-bond donors (Lipinski definition) is 0. The lowest BCUT2D eigenvalue weighted by Gasteiger charge is -2.03. The smallest absolute Gasteiger partial charge is 0.122 e. The van der Waals surface area contributed by atoms with Crippen LogP contribution in [-0.2, 0) is 24.7 Å². The van der Waals surface area contributed by atoms with Crippen LogP contribution in [0.5, 0.6) is 0 Å². The predicted molar refractivity (Wildman–Crippen MR) is 56.1 cm³/mol. The first-order valence-electron chi connectivity index (χ1n) is 5.14. The Morgan fingerprint density at radius 2 is 2.36 bits per heavy atom. The Balaban J connectivity index is 2.57. The maximum absolute atomic E-state index is 10.4. The maximum Gasteiger partial charge on any atom is 0.122 e. The van der Waals surface area contributed by atoms with Gasteiger partial charge in [-0.3, -0.25) is 4.68 Å². The van der Waals surface area contributed by atoms with E-state index < -0.39 is 0 Å². The highest BCUT2D eigenvalue weighted by Crippen LogP contribution is 2.09. The summed E-state index contributed by atoms with van der Waals surface area (Å²) in [5, 5.41) is 4.36. The van der Waals surface area contributed by atoms with Gasteiger partial charge in [-0.2, -0.15) is 5.10 Å². The molecule has 0 amide bonds. The molecule has 78 valence electrons. The lowest BCUT2D eigenvalue weighted by Crippen LogP contribution is -2.02. The third-order valence-electron chi connectivity index (χ3n) is 2.48. The third kappa shape index (κ3) is 2.69. The van der Waals surface area contributed by atoms with E-state index in [1.165, 1.54) is 5.69 Å². The van der Waals surface area contributed by atoms with E-state index in [4.69, 9.17) is 0 Å². The molecular formula is C11H18N2O. The highest BCUT2D eigenvalue weighted by Gasteiger charge is 2.06. The topological polar surface area (TPSA) is 34.9 Å². The van der Waals surface area contributed by atoms with E-state index in [0.717, 1.165) is 31.2 Å². The molecule has 0 saturated carbocycles. The fourth-order valence-corrected chi connectivity index (χ4v) is 1.42. The molecule has 1 rings (SSSR count). The molecular weight excluding hydrogens is 176 g/mol. The Morgan fingerprint density at radius 3 is 2.86 bits per heavy atom. The Hall–Kier alpha value is -1.12. The standard InChI is InChI=1S/C11H18N2O/c1-4-10-7-11(13(3)12-10)6-5-9(2)8-14/h7-9H,4-6H2,1-3H3. The molecule has 0 fully saturated rings. The highest BCUT2D eigenvalue weighted by molar-refractivity contribution is 5.52. The van der Waals surface area contributed by atoms with Gasteiger partial charge in [0, 0.05) is 18.7 Å². The van der Waals surface area contributed by atoms with Crippen LogP contribution < -0.4 is 0 Å². The number of nitrogens with zero attached hydrogens (tertiary/aromatic N) is 2. The number of hydrogen-bond acceptors (Lipinski definition) is 2. The minimum Gasteiger partial charge on any atom is -0.303 e. The van der Waals surface area contributed by atoms with Gasteiger partial charge < -0.3 is 4.79 Å². The van der Waals surface area contributed by atoms with E-state index in [-0.39, 0.29) is 5.92 Å². The van der Waals surface area contributed by atoms with Crippen LogP contribution >= 0.6 is 0 Å². The number of carbonyl (C=O) groups excluding carboxylic acids is 1. The van der Waals surface area contributed by atoms with Crippen molar-refractivity contribution < 1.29 is 4.79 Å². The normalized spacial score (nSPS) is 12.8. The van der Waals surface area contributed by atoms with Crippen molar-refractivity contribution in [3.8, 4) is 0 Å². The van der Waals surface area contributed by atoms with E-state index in [2.05, 4.69) is 18.1 Å². The maximum atomic E-state index is 10.4. The second kappa shape index (κ2) is 4.94. The van der Waals surface area contributed by atoms with Crippen molar-refractivity contribution in [1.82, 2.24) is 9.78 Å². The lowest BCUT2D eigenvalue weighted by atomic mass is 10.1. The van der Waals surface area contributed by atoms with Crippen molar-refractivity contribution in [1.29, 1.82) is 0 Å². The molecule has 1 atom stereocenters. The SMILES string of the molecule is CCc1cc(CCC(C)C=O)n(C)n1. The zero-order chi connectivity index (χ0) is 10.6. The molecule has 0 aliphatic rings. The minimum absolute atomic E-state index is 0.148. The molecule has 0 aromatic carbocycles. The van der Waals surface area contributed by atoms with Gasteiger partial charge in [0.05, 0.1) is 5.69 Å². The minimum atomic E-state index is 0.148. The number of aryl methyl sites for hydroxylation is 3. The van der Waals surface area contributed by atoms with Crippen LogP contribution in [0, 0.1) is 5.92 Å². The Morgan fingerprint density at radius 1 is 1.64 bits per heavy atom. The van der Waals surface area contributed by atoms with Crippen molar-refractivity contribution in [3.63, 3.8) is 0 Å². The quantitative estimate of drug-likeness (QED) is 0.669. The van der Waals surface area contributed by atoms with Crippen molar-refractivity contribution >= 4 is 6.29 Å². The molecule has 3 nitrogen and oxygen atoms in total. The van der Waals surface area contributed by atoms with Crippen molar-refractivity contribution in [2.75, 3.05) is 0 Å². The Labute approximate surface area is 85.1 Å². The molecule has 0 saturated heterocycles. The van der Waals surface area contributed by atoms with Gasteiger partial charge in [-0.05, 0) is 25.3 Å². The van der Waals surface area contributed by atoms with Crippen LogP contribution in [0.1, 0.15) is 31.7 Å². The van der Waals surface area contributed by atoms with Crippen LogP contribution in [0.25, 0.3) is 0 Å². The summed E-state index contributed by atoms with van der Waals surface area (Å²) in [6.07, 6.45) is 3.82. The predicted octanol–water partition coefficient (Wildman–Crippen LogP) is 1.75. The van der Waals surface area contributed by atoms with E-state index in [9.17, 15) is 4.79 Å². The molecule has 0 aliphatic heterocycles. The fourth-order valence-electron chi connectivity index (χ4n) is 1.42. The first-order valence-corrected chi connectivity index (χ1v) is 5.14. The van der Waals surface area contributed by atoms with Gasteiger partial charge in [0.1, 0.15) is 6.29 Å². The highest BCUT2D eigenvalue weighted by atomic mass is 16.1. The van der Waals surface area contributed by atoms with Crippen LogP contribution in [0.15, 0.2) is 6.07 Å². The monoisotopic (exact) mass is 194 g/mol. The van der Waals surface area contributed by atoms with Gasteiger partial charge in [0.25, 0.3) is 0 Å². The Bertz CT molecular complexity index is 304. The number of carbonyl (C=O) groups is 1. The molecule has 0 bridgehead atoms. The summed E-state index contributed by atoms with van der Waals surface area (Å²) in [5.41, 5.74) is 2.34. The van der Waals surface area contributed by atoms with Gasteiger partial charge >= 0.3 is 0 Å². The molecule has 0 N–H and O–H groups in total. The molecule has 0 aliphatic carbocycles. The van der Waals surface area contributed by atoms with E-state index in [1.54, 1.807) is 0 Å². The van der Waals surface area contributed by atoms with Crippen LogP contribution in [0.3, 0.4) is 0 Å². The zero-order valence-corrected chi connectivity index (χ0v) is 9.16. The summed E-state index contributed by atoms with van der Waals surface area (Å²) in [5.74, 6) is 0.148. The summed E-state index contributed by atoms with van der Waals surface area (Å²) < 4.78 is 1.91. The van der Waals surface area contributed by atoms with Crippen LogP contribution in [0.2, 0.25) is 0 Å². The molecule has 3 heteroatoms. The van der Waals surface area contributed by atoms with Crippen LogP contribution in [-0.4, -0.2) is 16.1 Å². The van der Waals surface area contributed by atoms with Crippen molar-refractivity contribution in [2.24, 2.45) is 13.0 Å². The molecule has 14 heavy (non-hydrogen) atoms. The third-order valence-corrected chi connectivity index (χ3v) is 2.48. The summed E-state index contributed by atoms with van der Waals surface area (Å²) >= 11 is 0. The largest absolute Gasteiger partial charge is 0.303 e. The Kier molecular flexibility index (Phi) is 3.86. The summed E-state index contributed by atoms with van der Waals surface area (Å²) in [6, 6.07) is 2.12. The number of aldehydes is 1. The van der Waals surface area contributed by atoms with E-state index in [1.807, 2.05) is 18.7 Å². The van der Waals surface area contributed by atoms with Gasteiger partial charge in [0.2, 0.25) is 0 Å². The summed E-state index contributed by atoms with van der Waals surface area (Å²) in [7, 11) is 1.96. The molecule has 1 unspecified atom stereocenters. The van der Waals surface area contributed by atoms with Gasteiger partial charge in [-0.25, -0.2) is 0 Å². The number of aromatic nitrogens is 2. The van der Waals surface area contributed by atoms with Crippen molar-refractivity contribution in [2.45, 2.75) is 33.1 Å². The van der Waals surface area contributed by atoms with E-state index >= 15 is 0 Å². The van der Waals surface area contributed by atoms with Gasteiger partial charge in [-0.15, -0.1) is 0 Å². The summed E-state index contributed by atoms with van der Waals surface area (Å²) in [6.45, 7) is 4.05. The van der Waals surface area contributed by atoms with Gasteiger partial charge in [-0.1, -0.05) is 13.8 Å². The average molecular weight is 194 g/mol. The van der Waals surface area contributed by atoms with Gasteiger partial charge in [0.15, 0.2) is 0 Å². The number of rotatable bonds is 5. The summed E-state index contributed by atoms with van der Waals surface area (Å²) in [4.78, 5) is 10.4. The first kappa shape index (κ1) is 11.0. The second-order valence-corrected chi connectivity index (χ2v) is 3.76. The zero-order valence-electron chi connectivity index (χ0n) is 9.16. The average Bonchev–Trinajstić information content (AvgIpc) is 2.55. The first-order chi connectivity index (χ1) is 6.67. The lowest BCUT2D eigenvalue weighted by molar-refractivity contribution is -0.110. The van der Waals surface area contributed by atoms with Crippen molar-refractivity contribution in [3.05, 3.63) is 17.5 Å². The molecule has 1 aromatic rings. The second-order valence-electron chi connectivity index (χ2n) is 3.76. The van der Waals surface area contributed by atoms with E-state index in [0.29, 0.717) is 0 Å². The molecule has 1 aromatic heterocycles.